The lowest BCUT2D eigenvalue weighted by Crippen LogP contribution is -2.24. The van der Waals surface area contributed by atoms with Gasteiger partial charge in [0.05, 0.1) is 10.6 Å². The second-order valence-corrected chi connectivity index (χ2v) is 8.74. The minimum absolute atomic E-state index is 0.0316. The van der Waals surface area contributed by atoms with Crippen molar-refractivity contribution >= 4 is 29.0 Å². The molecule has 1 fully saturated rings. The van der Waals surface area contributed by atoms with E-state index >= 15 is 4.39 Å². The number of rotatable bonds is 3. The first-order chi connectivity index (χ1) is 13.2. The molecule has 7 heteroatoms. The maximum Gasteiger partial charge on any atom is 0.258 e. The van der Waals surface area contributed by atoms with Crippen molar-refractivity contribution in [2.24, 2.45) is 11.8 Å². The van der Waals surface area contributed by atoms with Crippen LogP contribution in [-0.2, 0) is 5.41 Å². The summed E-state index contributed by atoms with van der Waals surface area (Å²) in [7, 11) is 3.12. The Morgan fingerprint density at radius 1 is 1.39 bits per heavy atom. The van der Waals surface area contributed by atoms with Crippen LogP contribution in [0, 0.1) is 17.7 Å². The summed E-state index contributed by atoms with van der Waals surface area (Å²) in [5.41, 5.74) is 7.53. The van der Waals surface area contributed by atoms with Crippen molar-refractivity contribution in [1.82, 2.24) is 9.88 Å². The fourth-order valence-electron chi connectivity index (χ4n) is 4.53. The highest BCUT2D eigenvalue weighted by Crippen LogP contribution is 2.63. The second kappa shape index (κ2) is 6.34. The van der Waals surface area contributed by atoms with Gasteiger partial charge in [-0.1, -0.05) is 25.4 Å². The van der Waals surface area contributed by atoms with Crippen LogP contribution < -0.4 is 11.1 Å². The normalized spacial score (nSPS) is 22.3. The molecule has 1 aliphatic heterocycles. The van der Waals surface area contributed by atoms with Crippen molar-refractivity contribution in [2.45, 2.75) is 25.7 Å². The number of nitrogens with one attached hydrogen (secondary N) is 1. The SMILES string of the molecule is CC(C)[C@H]1C[C@]12CNc1ncc(-c3ccc(N)c(C(=O)N(C)C)c3F)c(Cl)c12. The van der Waals surface area contributed by atoms with Crippen LogP contribution in [-0.4, -0.2) is 36.4 Å². The average Bonchev–Trinajstić information content (AvgIpc) is 3.24. The van der Waals surface area contributed by atoms with Crippen molar-refractivity contribution in [2.75, 3.05) is 31.7 Å². The molecule has 0 unspecified atom stereocenters. The van der Waals surface area contributed by atoms with Gasteiger partial charge in [0.15, 0.2) is 0 Å². The van der Waals surface area contributed by atoms with Gasteiger partial charge in [-0.3, -0.25) is 4.79 Å². The number of hydrogen-bond acceptors (Lipinski definition) is 4. The molecule has 5 nitrogen and oxygen atoms in total. The number of hydrogen-bond donors (Lipinski definition) is 2. The smallest absolute Gasteiger partial charge is 0.258 e. The third kappa shape index (κ3) is 2.58. The zero-order valence-electron chi connectivity index (χ0n) is 16.4. The van der Waals surface area contributed by atoms with Crippen LogP contribution in [0.4, 0.5) is 15.9 Å². The molecule has 148 valence electrons. The Hall–Kier alpha value is -2.34. The predicted octanol–water partition coefficient (Wildman–Crippen LogP) is 4.16. The number of carbonyl (C=O) groups is 1. The molecule has 1 aliphatic carbocycles. The molecule has 1 aromatic heterocycles. The number of fused-ring (bicyclic) bond motifs is 2. The molecule has 2 atom stereocenters. The number of aromatic nitrogens is 1. The highest BCUT2D eigenvalue weighted by molar-refractivity contribution is 6.34. The van der Waals surface area contributed by atoms with Gasteiger partial charge in [-0.2, -0.15) is 0 Å². The average molecular weight is 403 g/mol. The summed E-state index contributed by atoms with van der Waals surface area (Å²) in [5.74, 6) is 0.682. The zero-order chi connectivity index (χ0) is 20.4. The Labute approximate surface area is 169 Å². The van der Waals surface area contributed by atoms with Crippen molar-refractivity contribution in [3.05, 3.63) is 40.3 Å². The number of anilines is 2. The van der Waals surface area contributed by atoms with E-state index in [0.717, 1.165) is 24.3 Å². The van der Waals surface area contributed by atoms with Crippen molar-refractivity contribution in [3.8, 4) is 11.1 Å². The highest BCUT2D eigenvalue weighted by atomic mass is 35.5. The molecule has 2 aromatic rings. The number of halogens is 2. The van der Waals surface area contributed by atoms with E-state index in [2.05, 4.69) is 24.1 Å². The van der Waals surface area contributed by atoms with Crippen molar-refractivity contribution in [3.63, 3.8) is 0 Å². The number of amides is 1. The second-order valence-electron chi connectivity index (χ2n) is 8.36. The highest BCUT2D eigenvalue weighted by Gasteiger charge is 2.61. The van der Waals surface area contributed by atoms with E-state index in [1.165, 1.54) is 4.90 Å². The molecule has 0 radical (unpaired) electrons. The predicted molar refractivity (Wildman–Crippen MR) is 110 cm³/mol. The van der Waals surface area contributed by atoms with Gasteiger partial charge in [0.25, 0.3) is 5.91 Å². The first kappa shape index (κ1) is 19.0. The number of pyridine rings is 1. The summed E-state index contributed by atoms with van der Waals surface area (Å²) in [6.07, 6.45) is 2.61. The van der Waals surface area contributed by atoms with Crippen LogP contribution in [0.5, 0.6) is 0 Å². The summed E-state index contributed by atoms with van der Waals surface area (Å²) in [6, 6.07) is 3.11. The minimum atomic E-state index is -0.668. The molecule has 2 aliphatic rings. The van der Waals surface area contributed by atoms with Crippen LogP contribution in [0.15, 0.2) is 18.3 Å². The molecule has 1 saturated carbocycles. The molecule has 1 spiro atoms. The summed E-state index contributed by atoms with van der Waals surface area (Å²) in [4.78, 5) is 18.2. The molecular formula is C21H24ClFN4O. The van der Waals surface area contributed by atoms with E-state index in [1.54, 1.807) is 32.4 Å². The Bertz CT molecular complexity index is 991. The largest absolute Gasteiger partial charge is 0.398 e. The number of nitrogens with zero attached hydrogens (tertiary/aromatic N) is 2. The molecule has 3 N–H and O–H groups in total. The van der Waals surface area contributed by atoms with Crippen LogP contribution in [0.1, 0.15) is 36.2 Å². The van der Waals surface area contributed by atoms with Crippen LogP contribution in [0.25, 0.3) is 11.1 Å². The molecule has 0 saturated heterocycles. The Morgan fingerprint density at radius 3 is 2.71 bits per heavy atom. The Balaban J connectivity index is 1.86. The molecular weight excluding hydrogens is 379 g/mol. The van der Waals surface area contributed by atoms with Gasteiger partial charge in [0.2, 0.25) is 0 Å². The number of nitrogens with two attached hydrogens (primary N) is 1. The topological polar surface area (TPSA) is 71.2 Å². The lowest BCUT2D eigenvalue weighted by molar-refractivity contribution is 0.0824. The van der Waals surface area contributed by atoms with E-state index in [9.17, 15) is 4.79 Å². The Kier molecular flexibility index (Phi) is 4.30. The Morgan fingerprint density at radius 2 is 2.11 bits per heavy atom. The molecule has 28 heavy (non-hydrogen) atoms. The van der Waals surface area contributed by atoms with Gasteiger partial charge in [0, 0.05) is 54.6 Å². The maximum absolute atomic E-state index is 15.3. The van der Waals surface area contributed by atoms with Crippen molar-refractivity contribution in [1.29, 1.82) is 0 Å². The third-order valence-electron chi connectivity index (χ3n) is 6.11. The van der Waals surface area contributed by atoms with Crippen molar-refractivity contribution < 1.29 is 9.18 Å². The van der Waals surface area contributed by atoms with E-state index in [-0.39, 0.29) is 22.2 Å². The van der Waals surface area contributed by atoms with Gasteiger partial charge in [-0.25, -0.2) is 9.37 Å². The molecule has 1 aromatic carbocycles. The quantitative estimate of drug-likeness (QED) is 0.756. The number of nitrogen functional groups attached to an aromatic ring is 1. The van der Waals surface area contributed by atoms with Gasteiger partial charge >= 0.3 is 0 Å². The first-order valence-electron chi connectivity index (χ1n) is 9.42. The summed E-state index contributed by atoms with van der Waals surface area (Å²) in [5, 5.41) is 3.86. The van der Waals surface area contributed by atoms with Gasteiger partial charge in [0.1, 0.15) is 11.6 Å². The number of carbonyl (C=O) groups excluding carboxylic acids is 1. The zero-order valence-corrected chi connectivity index (χ0v) is 17.2. The van der Waals surface area contributed by atoms with Gasteiger partial charge in [-0.15, -0.1) is 0 Å². The fraction of sp³-hybridized carbons (Fsp3) is 0.429. The third-order valence-corrected chi connectivity index (χ3v) is 6.50. The lowest BCUT2D eigenvalue weighted by Gasteiger charge is -2.18. The fourth-order valence-corrected chi connectivity index (χ4v) is 4.96. The first-order valence-corrected chi connectivity index (χ1v) is 9.79. The van der Waals surface area contributed by atoms with Crippen LogP contribution >= 0.6 is 11.6 Å². The van der Waals surface area contributed by atoms with E-state index in [4.69, 9.17) is 17.3 Å². The standard InChI is InChI=1S/C21H24ClFN4O/c1-10(2)13-7-21(13)9-26-19-16(21)17(22)12(8-25-19)11-5-6-14(24)15(18(11)23)20(28)27(3)4/h5-6,8,10,13H,7,9,24H2,1-4H3,(H,25,26)/t13-,21+/m1/s1. The van der Waals surface area contributed by atoms with E-state index in [1.807, 2.05) is 0 Å². The molecule has 1 amide bonds. The van der Waals surface area contributed by atoms with Crippen LogP contribution in [0.2, 0.25) is 5.02 Å². The molecule has 4 rings (SSSR count). The molecule has 0 bridgehead atoms. The summed E-state index contributed by atoms with van der Waals surface area (Å²) >= 11 is 6.82. The van der Waals surface area contributed by atoms with E-state index < -0.39 is 11.7 Å². The summed E-state index contributed by atoms with van der Waals surface area (Å²) in [6.45, 7) is 5.22. The maximum atomic E-state index is 15.3. The van der Waals surface area contributed by atoms with E-state index in [0.29, 0.717) is 22.4 Å². The van der Waals surface area contributed by atoms with Gasteiger partial charge < -0.3 is 16.0 Å². The minimum Gasteiger partial charge on any atom is -0.398 e. The monoisotopic (exact) mass is 402 g/mol. The lowest BCUT2D eigenvalue weighted by atomic mass is 9.90. The van der Waals surface area contributed by atoms with Gasteiger partial charge in [-0.05, 0) is 30.4 Å². The molecule has 2 heterocycles. The number of benzene rings is 1. The summed E-state index contributed by atoms with van der Waals surface area (Å²) < 4.78 is 15.3. The van der Waals surface area contributed by atoms with Crippen LogP contribution in [0.3, 0.4) is 0 Å².